The number of nitrogens with one attached hydrogen (secondary N) is 1. The number of hydrogen-bond acceptors (Lipinski definition) is 2. The van der Waals surface area contributed by atoms with Gasteiger partial charge in [0.25, 0.3) is 0 Å². The molecule has 2 nitrogen and oxygen atoms in total. The van der Waals surface area contributed by atoms with E-state index in [1.54, 1.807) is 0 Å². The second-order valence-electron chi connectivity index (χ2n) is 5.33. The lowest BCUT2D eigenvalue weighted by molar-refractivity contribution is 0.125. The van der Waals surface area contributed by atoms with Gasteiger partial charge in [-0.1, -0.05) is 48.0 Å². The maximum Gasteiger partial charge on any atom is 0.0985 e. The number of aliphatic hydroxyl groups excluding tert-OH is 1. The maximum atomic E-state index is 10.7. The van der Waals surface area contributed by atoms with Crippen LogP contribution in [0.25, 0.3) is 0 Å². The SMILES string of the molecule is Cc1ccc(C(O)C2NCCc3ccccc32)cc1Cl. The molecule has 0 saturated heterocycles. The van der Waals surface area contributed by atoms with Gasteiger partial charge in [-0.2, -0.15) is 0 Å². The fraction of sp³-hybridized carbons (Fsp3) is 0.294. The van der Waals surface area contributed by atoms with Crippen molar-refractivity contribution in [3.8, 4) is 0 Å². The molecule has 0 aromatic heterocycles. The lowest BCUT2D eigenvalue weighted by Crippen LogP contribution is -2.33. The second-order valence-corrected chi connectivity index (χ2v) is 5.74. The number of halogens is 1. The largest absolute Gasteiger partial charge is 0.386 e. The topological polar surface area (TPSA) is 32.3 Å². The zero-order valence-electron chi connectivity index (χ0n) is 11.4. The van der Waals surface area contributed by atoms with E-state index in [4.69, 9.17) is 11.6 Å². The first kappa shape index (κ1) is 13.6. The van der Waals surface area contributed by atoms with E-state index < -0.39 is 6.10 Å². The third kappa shape index (κ3) is 2.47. The molecular formula is C17H18ClNO. The van der Waals surface area contributed by atoms with Crippen molar-refractivity contribution in [2.45, 2.75) is 25.5 Å². The third-order valence-electron chi connectivity index (χ3n) is 4.00. The molecular weight excluding hydrogens is 270 g/mol. The molecule has 0 aliphatic carbocycles. The van der Waals surface area contributed by atoms with Crippen molar-refractivity contribution in [2.75, 3.05) is 6.54 Å². The standard InChI is InChI=1S/C17H18ClNO/c1-11-6-7-13(10-15(11)18)17(20)16-14-5-3-2-4-12(14)8-9-19-16/h2-7,10,16-17,19-20H,8-9H2,1H3. The summed E-state index contributed by atoms with van der Waals surface area (Å²) in [6.45, 7) is 2.85. The Morgan fingerprint density at radius 1 is 1.25 bits per heavy atom. The van der Waals surface area contributed by atoms with Crippen LogP contribution in [0.3, 0.4) is 0 Å². The van der Waals surface area contributed by atoms with Crippen LogP contribution in [0.1, 0.15) is 34.4 Å². The van der Waals surface area contributed by atoms with Crippen molar-refractivity contribution >= 4 is 11.6 Å². The fourth-order valence-electron chi connectivity index (χ4n) is 2.80. The van der Waals surface area contributed by atoms with Crippen molar-refractivity contribution < 1.29 is 5.11 Å². The summed E-state index contributed by atoms with van der Waals surface area (Å²) in [5.74, 6) is 0. The number of hydrogen-bond donors (Lipinski definition) is 2. The van der Waals surface area contributed by atoms with E-state index in [0.717, 1.165) is 24.1 Å². The molecule has 0 bridgehead atoms. The van der Waals surface area contributed by atoms with Crippen LogP contribution < -0.4 is 5.32 Å². The van der Waals surface area contributed by atoms with Crippen LogP contribution in [0.4, 0.5) is 0 Å². The minimum absolute atomic E-state index is 0.0706. The Balaban J connectivity index is 1.95. The molecule has 0 saturated carbocycles. The van der Waals surface area contributed by atoms with Crippen LogP contribution in [0.2, 0.25) is 5.02 Å². The van der Waals surface area contributed by atoms with Gasteiger partial charge in [0.05, 0.1) is 12.1 Å². The van der Waals surface area contributed by atoms with Crippen LogP contribution >= 0.6 is 11.6 Å². The molecule has 3 rings (SSSR count). The van der Waals surface area contributed by atoms with Crippen LogP contribution in [0, 0.1) is 6.92 Å². The monoisotopic (exact) mass is 287 g/mol. The zero-order chi connectivity index (χ0) is 14.1. The molecule has 2 N–H and O–H groups in total. The fourth-order valence-corrected chi connectivity index (χ4v) is 2.99. The van der Waals surface area contributed by atoms with Crippen LogP contribution in [0.5, 0.6) is 0 Å². The van der Waals surface area contributed by atoms with Gasteiger partial charge < -0.3 is 10.4 Å². The van der Waals surface area contributed by atoms with Crippen LogP contribution in [-0.2, 0) is 6.42 Å². The molecule has 2 unspecified atom stereocenters. The van der Waals surface area contributed by atoms with Crippen molar-refractivity contribution in [2.24, 2.45) is 0 Å². The van der Waals surface area contributed by atoms with E-state index in [2.05, 4.69) is 23.5 Å². The van der Waals surface area contributed by atoms with Gasteiger partial charge in [0.15, 0.2) is 0 Å². The van der Waals surface area contributed by atoms with Crippen molar-refractivity contribution in [1.29, 1.82) is 0 Å². The summed E-state index contributed by atoms with van der Waals surface area (Å²) >= 11 is 6.17. The van der Waals surface area contributed by atoms with E-state index >= 15 is 0 Å². The van der Waals surface area contributed by atoms with Gasteiger partial charge in [0.2, 0.25) is 0 Å². The summed E-state index contributed by atoms with van der Waals surface area (Å²) in [7, 11) is 0. The zero-order valence-corrected chi connectivity index (χ0v) is 12.2. The minimum atomic E-state index is -0.588. The lowest BCUT2D eigenvalue weighted by Gasteiger charge is -2.31. The predicted octanol–water partition coefficient (Wildman–Crippen LogP) is 3.57. The molecule has 0 spiro atoms. The van der Waals surface area contributed by atoms with E-state index in [1.807, 2.05) is 31.2 Å². The average Bonchev–Trinajstić information content (AvgIpc) is 2.49. The molecule has 1 aliphatic rings. The molecule has 0 amide bonds. The summed E-state index contributed by atoms with van der Waals surface area (Å²) in [5.41, 5.74) is 4.38. The molecule has 3 heteroatoms. The van der Waals surface area contributed by atoms with Gasteiger partial charge in [0.1, 0.15) is 0 Å². The highest BCUT2D eigenvalue weighted by molar-refractivity contribution is 6.31. The number of rotatable bonds is 2. The Morgan fingerprint density at radius 2 is 2.05 bits per heavy atom. The quantitative estimate of drug-likeness (QED) is 0.885. The average molecular weight is 288 g/mol. The Labute approximate surface area is 124 Å². The lowest BCUT2D eigenvalue weighted by atomic mass is 9.88. The molecule has 1 aliphatic heterocycles. The first-order valence-electron chi connectivity index (χ1n) is 6.92. The van der Waals surface area contributed by atoms with Crippen LogP contribution in [0.15, 0.2) is 42.5 Å². The molecule has 2 aromatic rings. The van der Waals surface area contributed by atoms with Gasteiger partial charge in [-0.3, -0.25) is 0 Å². The summed E-state index contributed by atoms with van der Waals surface area (Å²) in [6.07, 6.45) is 0.420. The normalized spacial score (nSPS) is 19.4. The molecule has 104 valence electrons. The number of aliphatic hydroxyl groups is 1. The summed E-state index contributed by atoms with van der Waals surface area (Å²) < 4.78 is 0. The van der Waals surface area contributed by atoms with Gasteiger partial charge >= 0.3 is 0 Å². The Bertz CT molecular complexity index is 626. The molecule has 2 aromatic carbocycles. The highest BCUT2D eigenvalue weighted by atomic mass is 35.5. The summed E-state index contributed by atoms with van der Waals surface area (Å²) in [4.78, 5) is 0. The molecule has 1 heterocycles. The highest BCUT2D eigenvalue weighted by Crippen LogP contribution is 2.34. The molecule has 2 atom stereocenters. The van der Waals surface area contributed by atoms with Crippen molar-refractivity contribution in [3.05, 3.63) is 69.7 Å². The van der Waals surface area contributed by atoms with E-state index in [9.17, 15) is 5.11 Å². The van der Waals surface area contributed by atoms with Crippen molar-refractivity contribution in [1.82, 2.24) is 5.32 Å². The number of fused-ring (bicyclic) bond motifs is 1. The van der Waals surface area contributed by atoms with Crippen molar-refractivity contribution in [3.63, 3.8) is 0 Å². The molecule has 0 fully saturated rings. The first-order valence-corrected chi connectivity index (χ1v) is 7.30. The number of aryl methyl sites for hydroxylation is 1. The highest BCUT2D eigenvalue weighted by Gasteiger charge is 2.27. The van der Waals surface area contributed by atoms with Crippen LogP contribution in [-0.4, -0.2) is 11.7 Å². The Morgan fingerprint density at radius 3 is 2.85 bits per heavy atom. The van der Waals surface area contributed by atoms with E-state index in [-0.39, 0.29) is 6.04 Å². The molecule has 20 heavy (non-hydrogen) atoms. The summed E-state index contributed by atoms with van der Waals surface area (Å²) in [5, 5.41) is 14.8. The van der Waals surface area contributed by atoms with E-state index in [0.29, 0.717) is 5.02 Å². The van der Waals surface area contributed by atoms with Gasteiger partial charge in [-0.25, -0.2) is 0 Å². The van der Waals surface area contributed by atoms with Gasteiger partial charge in [-0.15, -0.1) is 0 Å². The minimum Gasteiger partial charge on any atom is -0.386 e. The Kier molecular flexibility index (Phi) is 3.79. The third-order valence-corrected chi connectivity index (χ3v) is 4.41. The Hall–Kier alpha value is -1.35. The van der Waals surface area contributed by atoms with Gasteiger partial charge in [0, 0.05) is 5.02 Å². The first-order chi connectivity index (χ1) is 9.66. The van der Waals surface area contributed by atoms with Gasteiger partial charge in [-0.05, 0) is 48.2 Å². The number of benzene rings is 2. The summed E-state index contributed by atoms with van der Waals surface area (Å²) in [6, 6.07) is 14.0. The maximum absolute atomic E-state index is 10.7. The second kappa shape index (κ2) is 5.57. The van der Waals surface area contributed by atoms with E-state index in [1.165, 1.54) is 11.1 Å². The smallest absolute Gasteiger partial charge is 0.0985 e. The predicted molar refractivity (Wildman–Crippen MR) is 82.0 cm³/mol. The molecule has 0 radical (unpaired) electrons.